The number of piperidine rings is 1. The minimum absolute atomic E-state index is 0.0351. The van der Waals surface area contributed by atoms with E-state index in [9.17, 15) is 9.90 Å². The second kappa shape index (κ2) is 7.42. The number of nitrogens with zero attached hydrogens (tertiary/aromatic N) is 4. The van der Waals surface area contributed by atoms with Crippen LogP contribution in [-0.4, -0.2) is 64.6 Å². The number of anilines is 1. The third-order valence-electron chi connectivity index (χ3n) is 5.28. The summed E-state index contributed by atoms with van der Waals surface area (Å²) in [7, 11) is 3.74. The second-order valence-corrected chi connectivity index (χ2v) is 7.25. The highest BCUT2D eigenvalue weighted by Crippen LogP contribution is 2.26. The van der Waals surface area contributed by atoms with Gasteiger partial charge in [0.1, 0.15) is 0 Å². The molecule has 0 bridgehead atoms. The molecular formula is C17H29N5O2. The van der Waals surface area contributed by atoms with Crippen molar-refractivity contribution in [2.24, 2.45) is 13.0 Å². The fourth-order valence-corrected chi connectivity index (χ4v) is 3.85. The summed E-state index contributed by atoms with van der Waals surface area (Å²) in [5, 5.41) is 17.3. The Kier molecular flexibility index (Phi) is 5.28. The number of urea groups is 1. The molecular weight excluding hydrogens is 306 g/mol. The first-order valence-corrected chi connectivity index (χ1v) is 8.96. The van der Waals surface area contributed by atoms with Gasteiger partial charge in [0, 0.05) is 51.9 Å². The average Bonchev–Trinajstić information content (AvgIpc) is 3.16. The third-order valence-corrected chi connectivity index (χ3v) is 5.28. The molecule has 1 aromatic heterocycles. The van der Waals surface area contributed by atoms with E-state index in [2.05, 4.69) is 15.3 Å². The molecule has 2 fully saturated rings. The van der Waals surface area contributed by atoms with E-state index in [1.807, 2.05) is 26.5 Å². The second-order valence-electron chi connectivity index (χ2n) is 7.25. The van der Waals surface area contributed by atoms with Gasteiger partial charge in [-0.2, -0.15) is 5.10 Å². The Bertz CT molecular complexity index is 561. The van der Waals surface area contributed by atoms with Crippen LogP contribution in [-0.2, 0) is 7.05 Å². The molecule has 7 nitrogen and oxygen atoms in total. The fourth-order valence-electron chi connectivity index (χ4n) is 3.85. The van der Waals surface area contributed by atoms with Crippen molar-refractivity contribution in [2.75, 3.05) is 31.6 Å². The number of aryl methyl sites for hydroxylation is 1. The predicted octanol–water partition coefficient (Wildman–Crippen LogP) is 1.19. The number of aliphatic hydroxyl groups excluding tert-OH is 1. The van der Waals surface area contributed by atoms with Gasteiger partial charge in [0.15, 0.2) is 0 Å². The van der Waals surface area contributed by atoms with Crippen molar-refractivity contribution in [3.05, 3.63) is 12.4 Å². The number of carbonyl (C=O) groups excluding carboxylic acids is 1. The highest BCUT2D eigenvalue weighted by Gasteiger charge is 2.29. The number of aliphatic hydroxyl groups is 1. The van der Waals surface area contributed by atoms with E-state index in [1.54, 1.807) is 9.58 Å². The van der Waals surface area contributed by atoms with Gasteiger partial charge in [-0.25, -0.2) is 4.79 Å². The Hall–Kier alpha value is -1.76. The molecule has 3 rings (SSSR count). The van der Waals surface area contributed by atoms with Crippen LogP contribution in [0.5, 0.6) is 0 Å². The molecule has 24 heavy (non-hydrogen) atoms. The number of hydrogen-bond donors (Lipinski definition) is 2. The molecule has 3 atom stereocenters. The fraction of sp³-hybridized carbons (Fsp3) is 0.765. The van der Waals surface area contributed by atoms with Crippen molar-refractivity contribution in [2.45, 2.75) is 44.2 Å². The standard InChI is InChI=1S/C17H29N5O2/c1-20(10-13-5-3-7-16(13)23)17(24)19-14-6-4-8-22(11-14)15-9-18-21(2)12-15/h9,12-14,16,23H,3-8,10-11H2,1-2H3,(H,19,24). The van der Waals surface area contributed by atoms with Gasteiger partial charge >= 0.3 is 6.03 Å². The first-order chi connectivity index (χ1) is 11.5. The summed E-state index contributed by atoms with van der Waals surface area (Å²) in [6.07, 6.45) is 8.63. The minimum Gasteiger partial charge on any atom is -0.393 e. The van der Waals surface area contributed by atoms with Gasteiger partial charge in [0.2, 0.25) is 0 Å². The zero-order valence-corrected chi connectivity index (χ0v) is 14.7. The molecule has 0 spiro atoms. The number of amides is 2. The molecule has 3 unspecified atom stereocenters. The lowest BCUT2D eigenvalue weighted by molar-refractivity contribution is 0.113. The maximum absolute atomic E-state index is 12.5. The number of hydrogen-bond acceptors (Lipinski definition) is 4. The third kappa shape index (κ3) is 4.01. The molecule has 2 N–H and O–H groups in total. The Morgan fingerprint density at radius 2 is 2.25 bits per heavy atom. The largest absolute Gasteiger partial charge is 0.393 e. The highest BCUT2D eigenvalue weighted by atomic mass is 16.3. The van der Waals surface area contributed by atoms with E-state index in [4.69, 9.17) is 0 Å². The van der Waals surface area contributed by atoms with Crippen LogP contribution < -0.4 is 10.2 Å². The molecule has 1 saturated carbocycles. The summed E-state index contributed by atoms with van der Waals surface area (Å²) in [5.74, 6) is 0.221. The lowest BCUT2D eigenvalue weighted by Crippen LogP contribution is -2.51. The summed E-state index contributed by atoms with van der Waals surface area (Å²) < 4.78 is 1.80. The van der Waals surface area contributed by atoms with Gasteiger partial charge in [0.25, 0.3) is 0 Å². The SMILES string of the molecule is CN(CC1CCCC1O)C(=O)NC1CCCN(c2cnn(C)c2)C1. The predicted molar refractivity (Wildman–Crippen MR) is 93.0 cm³/mol. The molecule has 1 aliphatic carbocycles. The molecule has 2 heterocycles. The number of carbonyl (C=O) groups is 1. The summed E-state index contributed by atoms with van der Waals surface area (Å²) >= 11 is 0. The molecule has 2 aliphatic rings. The van der Waals surface area contributed by atoms with Crippen LogP contribution in [0.1, 0.15) is 32.1 Å². The van der Waals surface area contributed by atoms with Gasteiger partial charge in [-0.15, -0.1) is 0 Å². The lowest BCUT2D eigenvalue weighted by atomic mass is 10.0. The van der Waals surface area contributed by atoms with Gasteiger partial charge in [0.05, 0.1) is 18.0 Å². The number of nitrogens with one attached hydrogen (secondary N) is 1. The quantitative estimate of drug-likeness (QED) is 0.867. The van der Waals surface area contributed by atoms with Crippen molar-refractivity contribution >= 4 is 11.7 Å². The first-order valence-electron chi connectivity index (χ1n) is 8.96. The molecule has 1 saturated heterocycles. The molecule has 1 aliphatic heterocycles. The van der Waals surface area contributed by atoms with E-state index in [0.29, 0.717) is 6.54 Å². The lowest BCUT2D eigenvalue weighted by Gasteiger charge is -2.35. The molecule has 2 amide bonds. The molecule has 1 aromatic rings. The van der Waals surface area contributed by atoms with Crippen molar-refractivity contribution < 1.29 is 9.90 Å². The van der Waals surface area contributed by atoms with E-state index in [-0.39, 0.29) is 24.1 Å². The molecule has 7 heteroatoms. The monoisotopic (exact) mass is 335 g/mol. The molecule has 0 aromatic carbocycles. The Morgan fingerprint density at radius 1 is 1.42 bits per heavy atom. The molecule has 134 valence electrons. The smallest absolute Gasteiger partial charge is 0.317 e. The van der Waals surface area contributed by atoms with E-state index < -0.39 is 0 Å². The van der Waals surface area contributed by atoms with E-state index in [0.717, 1.165) is 50.9 Å². The Balaban J connectivity index is 1.50. The van der Waals surface area contributed by atoms with Crippen molar-refractivity contribution in [3.8, 4) is 0 Å². The van der Waals surface area contributed by atoms with Crippen molar-refractivity contribution in [3.63, 3.8) is 0 Å². The van der Waals surface area contributed by atoms with Crippen molar-refractivity contribution in [1.82, 2.24) is 20.0 Å². The number of aromatic nitrogens is 2. The summed E-state index contributed by atoms with van der Waals surface area (Å²) in [4.78, 5) is 16.5. The van der Waals surface area contributed by atoms with Crippen LogP contribution in [0.4, 0.5) is 10.5 Å². The topological polar surface area (TPSA) is 73.6 Å². The Morgan fingerprint density at radius 3 is 2.92 bits per heavy atom. The van der Waals surface area contributed by atoms with Crippen LogP contribution in [0.3, 0.4) is 0 Å². The highest BCUT2D eigenvalue weighted by molar-refractivity contribution is 5.74. The summed E-state index contributed by atoms with van der Waals surface area (Å²) in [5.41, 5.74) is 1.11. The van der Waals surface area contributed by atoms with Gasteiger partial charge in [-0.05, 0) is 25.7 Å². The normalized spacial score (nSPS) is 27.3. The van der Waals surface area contributed by atoms with Gasteiger partial charge in [-0.1, -0.05) is 6.42 Å². The minimum atomic E-state index is -0.254. The van der Waals surface area contributed by atoms with E-state index in [1.165, 1.54) is 0 Å². The maximum atomic E-state index is 12.5. The molecule has 0 radical (unpaired) electrons. The van der Waals surface area contributed by atoms with Gasteiger partial charge < -0.3 is 20.2 Å². The van der Waals surface area contributed by atoms with Crippen LogP contribution in [0, 0.1) is 5.92 Å². The summed E-state index contributed by atoms with van der Waals surface area (Å²) in [6, 6.07) is 0.120. The zero-order valence-electron chi connectivity index (χ0n) is 14.7. The van der Waals surface area contributed by atoms with Crippen LogP contribution in [0.25, 0.3) is 0 Å². The summed E-state index contributed by atoms with van der Waals surface area (Å²) in [6.45, 7) is 2.45. The number of rotatable bonds is 4. The first kappa shape index (κ1) is 17.1. The van der Waals surface area contributed by atoms with E-state index >= 15 is 0 Å². The van der Waals surface area contributed by atoms with Gasteiger partial charge in [-0.3, -0.25) is 4.68 Å². The zero-order chi connectivity index (χ0) is 17.1. The Labute approximate surface area is 143 Å². The van der Waals surface area contributed by atoms with Crippen LogP contribution in [0.2, 0.25) is 0 Å². The average molecular weight is 335 g/mol. The van der Waals surface area contributed by atoms with Crippen LogP contribution >= 0.6 is 0 Å². The maximum Gasteiger partial charge on any atom is 0.317 e. The van der Waals surface area contributed by atoms with Crippen molar-refractivity contribution in [1.29, 1.82) is 0 Å². The van der Waals surface area contributed by atoms with Crippen LogP contribution in [0.15, 0.2) is 12.4 Å².